The minimum absolute atomic E-state index is 0.0285. The number of carbonyl (C=O) groups excluding carboxylic acids is 1. The number of carbonyl (C=O) groups is 1. The Hall–Kier alpha value is -2.73. The lowest BCUT2D eigenvalue weighted by Gasteiger charge is -2.32. The molecule has 1 fully saturated rings. The molecule has 144 valence electrons. The fourth-order valence-corrected chi connectivity index (χ4v) is 3.72. The lowest BCUT2D eigenvalue weighted by molar-refractivity contribution is -0.125. The molecule has 1 amide bonds. The highest BCUT2D eigenvalue weighted by Gasteiger charge is 2.26. The van der Waals surface area contributed by atoms with E-state index < -0.39 is 0 Å². The van der Waals surface area contributed by atoms with Gasteiger partial charge in [-0.05, 0) is 48.7 Å². The molecule has 3 aromatic rings. The van der Waals surface area contributed by atoms with E-state index in [-0.39, 0.29) is 17.6 Å². The third-order valence-corrected chi connectivity index (χ3v) is 5.36. The zero-order chi connectivity index (χ0) is 19.5. The maximum atomic E-state index is 13.0. The van der Waals surface area contributed by atoms with Crippen molar-refractivity contribution in [3.8, 4) is 0 Å². The molecule has 1 aliphatic heterocycles. The zero-order valence-electron chi connectivity index (χ0n) is 15.2. The van der Waals surface area contributed by atoms with Gasteiger partial charge in [0, 0.05) is 36.0 Å². The molecule has 5 nitrogen and oxygen atoms in total. The highest BCUT2D eigenvalue weighted by atomic mass is 35.5. The molecule has 0 unspecified atom stereocenters. The maximum absolute atomic E-state index is 13.0. The summed E-state index contributed by atoms with van der Waals surface area (Å²) in [6, 6.07) is 11.8. The predicted octanol–water partition coefficient (Wildman–Crippen LogP) is 3.96. The Balaban J connectivity index is 1.37. The van der Waals surface area contributed by atoms with Crippen molar-refractivity contribution in [3.05, 3.63) is 65.2 Å². The van der Waals surface area contributed by atoms with Crippen LogP contribution < -0.4 is 10.2 Å². The smallest absolute Gasteiger partial charge is 0.223 e. The lowest BCUT2D eigenvalue weighted by Crippen LogP contribution is -2.40. The highest BCUT2D eigenvalue weighted by molar-refractivity contribution is 6.31. The van der Waals surface area contributed by atoms with E-state index in [0.717, 1.165) is 48.2 Å². The summed E-state index contributed by atoms with van der Waals surface area (Å²) in [6.45, 7) is 1.92. The van der Waals surface area contributed by atoms with E-state index in [9.17, 15) is 9.18 Å². The van der Waals surface area contributed by atoms with Crippen molar-refractivity contribution in [2.75, 3.05) is 18.0 Å². The summed E-state index contributed by atoms with van der Waals surface area (Å²) in [5.41, 5.74) is 1.70. The number of nitrogens with zero attached hydrogens (tertiary/aromatic N) is 3. The van der Waals surface area contributed by atoms with Crippen LogP contribution in [0.15, 0.2) is 48.8 Å². The van der Waals surface area contributed by atoms with Crippen molar-refractivity contribution >= 4 is 34.2 Å². The molecule has 1 aliphatic rings. The van der Waals surface area contributed by atoms with Crippen LogP contribution >= 0.6 is 11.6 Å². The number of benzene rings is 2. The minimum Gasteiger partial charge on any atom is -0.356 e. The van der Waals surface area contributed by atoms with Crippen LogP contribution in [0.3, 0.4) is 0 Å². The van der Waals surface area contributed by atoms with E-state index in [1.165, 1.54) is 12.1 Å². The van der Waals surface area contributed by atoms with Crippen molar-refractivity contribution < 1.29 is 9.18 Å². The molecule has 0 atom stereocenters. The molecule has 2 heterocycles. The molecule has 2 aromatic carbocycles. The Labute approximate surface area is 167 Å². The number of amides is 1. The summed E-state index contributed by atoms with van der Waals surface area (Å²) in [6.07, 6.45) is 3.07. The van der Waals surface area contributed by atoms with Gasteiger partial charge in [0.25, 0.3) is 0 Å². The van der Waals surface area contributed by atoms with Crippen LogP contribution in [0.2, 0.25) is 5.02 Å². The van der Waals surface area contributed by atoms with Crippen molar-refractivity contribution in [2.45, 2.75) is 19.4 Å². The number of aromatic nitrogens is 2. The first kappa shape index (κ1) is 18.6. The van der Waals surface area contributed by atoms with E-state index in [4.69, 9.17) is 11.6 Å². The first-order chi connectivity index (χ1) is 13.6. The molecule has 1 N–H and O–H groups in total. The van der Waals surface area contributed by atoms with E-state index in [1.54, 1.807) is 18.5 Å². The molecular formula is C21H20ClFN4O. The van der Waals surface area contributed by atoms with Crippen LogP contribution in [0.25, 0.3) is 10.9 Å². The van der Waals surface area contributed by atoms with Crippen molar-refractivity contribution in [1.29, 1.82) is 0 Å². The molecule has 0 bridgehead atoms. The number of anilines is 1. The Morgan fingerprint density at radius 3 is 2.64 bits per heavy atom. The number of halogens is 2. The van der Waals surface area contributed by atoms with Gasteiger partial charge in [-0.25, -0.2) is 14.4 Å². The van der Waals surface area contributed by atoms with Crippen molar-refractivity contribution in [1.82, 2.24) is 15.3 Å². The number of fused-ring (bicyclic) bond motifs is 1. The normalized spacial score (nSPS) is 15.0. The Kier molecular flexibility index (Phi) is 5.39. The van der Waals surface area contributed by atoms with Crippen LogP contribution in [0.4, 0.5) is 10.2 Å². The SMILES string of the molecule is O=C(NCc1ccc(F)cc1)C1CCN(c2ncnc3cc(Cl)ccc23)CC1. The van der Waals surface area contributed by atoms with Gasteiger partial charge in [0.2, 0.25) is 5.91 Å². The molecule has 1 aromatic heterocycles. The van der Waals surface area contributed by atoms with E-state index in [1.807, 2.05) is 18.2 Å². The fraction of sp³-hybridized carbons (Fsp3) is 0.286. The molecular weight excluding hydrogens is 379 g/mol. The topological polar surface area (TPSA) is 58.1 Å². The van der Waals surface area contributed by atoms with Gasteiger partial charge in [0.1, 0.15) is 18.0 Å². The fourth-order valence-electron chi connectivity index (χ4n) is 3.56. The summed E-state index contributed by atoms with van der Waals surface area (Å²) in [7, 11) is 0. The lowest BCUT2D eigenvalue weighted by atomic mass is 9.95. The van der Waals surface area contributed by atoms with Gasteiger partial charge < -0.3 is 10.2 Å². The Bertz CT molecular complexity index is 987. The second-order valence-corrected chi connectivity index (χ2v) is 7.40. The first-order valence-electron chi connectivity index (χ1n) is 9.27. The molecule has 0 saturated carbocycles. The number of nitrogens with one attached hydrogen (secondary N) is 1. The summed E-state index contributed by atoms with van der Waals surface area (Å²) in [4.78, 5) is 23.4. The molecule has 0 aliphatic carbocycles. The first-order valence-corrected chi connectivity index (χ1v) is 9.65. The van der Waals surface area contributed by atoms with Gasteiger partial charge in [0.05, 0.1) is 5.52 Å². The monoisotopic (exact) mass is 398 g/mol. The Morgan fingerprint density at radius 1 is 1.14 bits per heavy atom. The molecule has 28 heavy (non-hydrogen) atoms. The number of piperidine rings is 1. The molecule has 7 heteroatoms. The largest absolute Gasteiger partial charge is 0.356 e. The van der Waals surface area contributed by atoms with Crippen LogP contribution in [0.1, 0.15) is 18.4 Å². The second kappa shape index (κ2) is 8.10. The van der Waals surface area contributed by atoms with Gasteiger partial charge >= 0.3 is 0 Å². The van der Waals surface area contributed by atoms with E-state index in [2.05, 4.69) is 20.2 Å². The van der Waals surface area contributed by atoms with Crippen LogP contribution in [0.5, 0.6) is 0 Å². The highest BCUT2D eigenvalue weighted by Crippen LogP contribution is 2.28. The van der Waals surface area contributed by atoms with Crippen LogP contribution in [-0.4, -0.2) is 29.0 Å². The quantitative estimate of drug-likeness (QED) is 0.722. The number of hydrogen-bond donors (Lipinski definition) is 1. The molecule has 0 spiro atoms. The molecule has 4 rings (SSSR count). The second-order valence-electron chi connectivity index (χ2n) is 6.96. The zero-order valence-corrected chi connectivity index (χ0v) is 16.0. The van der Waals surface area contributed by atoms with E-state index in [0.29, 0.717) is 11.6 Å². The third kappa shape index (κ3) is 4.07. The third-order valence-electron chi connectivity index (χ3n) is 5.12. The number of hydrogen-bond acceptors (Lipinski definition) is 4. The van der Waals surface area contributed by atoms with Gasteiger partial charge in [-0.2, -0.15) is 0 Å². The van der Waals surface area contributed by atoms with Crippen LogP contribution in [0, 0.1) is 11.7 Å². The van der Waals surface area contributed by atoms with E-state index >= 15 is 0 Å². The average Bonchev–Trinajstić information content (AvgIpc) is 2.72. The molecule has 0 radical (unpaired) electrons. The summed E-state index contributed by atoms with van der Waals surface area (Å²) in [5.74, 6) is 0.622. The predicted molar refractivity (Wildman–Crippen MR) is 108 cm³/mol. The number of rotatable bonds is 4. The van der Waals surface area contributed by atoms with Gasteiger partial charge in [-0.3, -0.25) is 4.79 Å². The Morgan fingerprint density at radius 2 is 1.89 bits per heavy atom. The summed E-state index contributed by atoms with van der Waals surface area (Å²) < 4.78 is 13.0. The molecule has 1 saturated heterocycles. The van der Waals surface area contributed by atoms with Crippen molar-refractivity contribution in [2.24, 2.45) is 5.92 Å². The minimum atomic E-state index is -0.276. The van der Waals surface area contributed by atoms with Crippen molar-refractivity contribution in [3.63, 3.8) is 0 Å². The van der Waals surface area contributed by atoms with Gasteiger partial charge in [-0.15, -0.1) is 0 Å². The van der Waals surface area contributed by atoms with Gasteiger partial charge in [0.15, 0.2) is 0 Å². The maximum Gasteiger partial charge on any atom is 0.223 e. The summed E-state index contributed by atoms with van der Waals surface area (Å²) in [5, 5.41) is 4.57. The summed E-state index contributed by atoms with van der Waals surface area (Å²) >= 11 is 6.06. The standard InChI is InChI=1S/C21H20ClFN4O/c22-16-3-6-18-19(11-16)25-13-26-20(18)27-9-7-15(8-10-27)21(28)24-12-14-1-4-17(23)5-2-14/h1-6,11,13,15H,7-10,12H2,(H,24,28). The average molecular weight is 399 g/mol. The van der Waals surface area contributed by atoms with Crippen LogP contribution in [-0.2, 0) is 11.3 Å². The van der Waals surface area contributed by atoms with Gasteiger partial charge in [-0.1, -0.05) is 23.7 Å².